The number of fused-ring (bicyclic) bond motifs is 1. The molecule has 0 aromatic heterocycles. The second-order valence-corrected chi connectivity index (χ2v) is 7.67. The molecule has 0 bridgehead atoms. The minimum atomic E-state index is -4.50. The van der Waals surface area contributed by atoms with Gasteiger partial charge in [-0.1, -0.05) is 26.8 Å². The predicted molar refractivity (Wildman–Crippen MR) is 99.8 cm³/mol. The van der Waals surface area contributed by atoms with Crippen LogP contribution in [-0.2, 0) is 16.4 Å². The van der Waals surface area contributed by atoms with Crippen molar-refractivity contribution in [2.24, 2.45) is 0 Å². The molecule has 1 atom stereocenters. The number of hydrogen-bond donors (Lipinski definition) is 3. The molecule has 0 fully saturated rings. The number of anilines is 2. The third kappa shape index (κ3) is 4.16. The van der Waals surface area contributed by atoms with Crippen LogP contribution < -0.4 is 15.4 Å². The van der Waals surface area contributed by atoms with Gasteiger partial charge >= 0.3 is 6.18 Å². The second kappa shape index (κ2) is 6.92. The van der Waals surface area contributed by atoms with Crippen molar-refractivity contribution in [3.8, 4) is 11.5 Å². The van der Waals surface area contributed by atoms with Crippen molar-refractivity contribution < 1.29 is 27.8 Å². The minimum Gasteiger partial charge on any atom is -0.508 e. The molecule has 0 radical (unpaired) electrons. The number of carbonyl (C=O) groups is 1. The lowest BCUT2D eigenvalue weighted by molar-refractivity contribution is -0.137. The van der Waals surface area contributed by atoms with Crippen molar-refractivity contribution in [1.82, 2.24) is 0 Å². The predicted octanol–water partition coefficient (Wildman–Crippen LogP) is 4.52. The van der Waals surface area contributed by atoms with E-state index in [1.54, 1.807) is 12.1 Å². The lowest BCUT2D eigenvalue weighted by Crippen LogP contribution is -2.41. The molecule has 3 N–H and O–H groups in total. The maximum absolute atomic E-state index is 12.9. The average Bonchev–Trinajstić information content (AvgIpc) is 2.59. The standard InChI is InChI=1S/C20H21F3N2O3/c1-19(2,3)13-6-5-12(9-15(13)26)25-18(27)17-10-24-14-7-4-11(20(21,22)23)8-16(14)28-17/h4-9,17,24,26H,10H2,1-3H3,(H,25,27). The fourth-order valence-electron chi connectivity index (χ4n) is 2.95. The van der Waals surface area contributed by atoms with Crippen LogP contribution >= 0.6 is 0 Å². The fourth-order valence-corrected chi connectivity index (χ4v) is 2.95. The Bertz CT molecular complexity index is 905. The number of phenols is 1. The topological polar surface area (TPSA) is 70.6 Å². The fraction of sp³-hybridized carbons (Fsp3) is 0.350. The summed E-state index contributed by atoms with van der Waals surface area (Å²) in [5.74, 6) is -0.515. The third-order valence-corrected chi connectivity index (χ3v) is 4.42. The van der Waals surface area contributed by atoms with E-state index in [0.717, 1.165) is 17.7 Å². The molecule has 1 unspecified atom stereocenters. The molecule has 5 nitrogen and oxygen atoms in total. The number of aromatic hydroxyl groups is 1. The van der Waals surface area contributed by atoms with Gasteiger partial charge in [-0.2, -0.15) is 13.2 Å². The van der Waals surface area contributed by atoms with E-state index in [4.69, 9.17) is 4.74 Å². The van der Waals surface area contributed by atoms with Crippen LogP contribution in [0, 0.1) is 0 Å². The van der Waals surface area contributed by atoms with E-state index in [9.17, 15) is 23.1 Å². The Morgan fingerprint density at radius 2 is 1.89 bits per heavy atom. The molecule has 1 heterocycles. The van der Waals surface area contributed by atoms with E-state index in [0.29, 0.717) is 11.4 Å². The molecule has 0 saturated carbocycles. The van der Waals surface area contributed by atoms with Crippen LogP contribution in [0.25, 0.3) is 0 Å². The highest BCUT2D eigenvalue weighted by Gasteiger charge is 2.33. The van der Waals surface area contributed by atoms with Gasteiger partial charge in [0, 0.05) is 11.8 Å². The van der Waals surface area contributed by atoms with Crippen LogP contribution in [0.3, 0.4) is 0 Å². The lowest BCUT2D eigenvalue weighted by atomic mass is 9.86. The highest BCUT2D eigenvalue weighted by Crippen LogP contribution is 2.37. The number of benzene rings is 2. The number of halogens is 3. The Kier molecular flexibility index (Phi) is 4.91. The molecule has 3 rings (SSSR count). The van der Waals surface area contributed by atoms with Crippen molar-refractivity contribution in [1.29, 1.82) is 0 Å². The van der Waals surface area contributed by atoms with Gasteiger partial charge in [0.05, 0.1) is 17.8 Å². The number of rotatable bonds is 2. The van der Waals surface area contributed by atoms with Gasteiger partial charge in [-0.15, -0.1) is 0 Å². The molecule has 150 valence electrons. The van der Waals surface area contributed by atoms with Crippen LogP contribution in [0.15, 0.2) is 36.4 Å². The molecule has 1 amide bonds. The number of phenolic OH excluding ortho intramolecular Hbond substituents is 1. The van der Waals surface area contributed by atoms with Gasteiger partial charge in [-0.05, 0) is 35.2 Å². The maximum atomic E-state index is 12.9. The van der Waals surface area contributed by atoms with Gasteiger partial charge in [-0.25, -0.2) is 0 Å². The molecular formula is C20H21F3N2O3. The molecule has 28 heavy (non-hydrogen) atoms. The van der Waals surface area contributed by atoms with Crippen LogP contribution in [0.5, 0.6) is 11.5 Å². The first-order valence-electron chi connectivity index (χ1n) is 8.71. The quantitative estimate of drug-likeness (QED) is 0.701. The number of hydrogen-bond acceptors (Lipinski definition) is 4. The van der Waals surface area contributed by atoms with Gasteiger partial charge in [0.25, 0.3) is 5.91 Å². The Hall–Kier alpha value is -2.90. The zero-order chi connectivity index (χ0) is 20.7. The van der Waals surface area contributed by atoms with Crippen molar-refractivity contribution in [2.75, 3.05) is 17.2 Å². The van der Waals surface area contributed by atoms with Gasteiger partial charge in [-0.3, -0.25) is 4.79 Å². The van der Waals surface area contributed by atoms with Gasteiger partial charge in [0.2, 0.25) is 0 Å². The summed E-state index contributed by atoms with van der Waals surface area (Å²) in [4.78, 5) is 12.5. The highest BCUT2D eigenvalue weighted by molar-refractivity contribution is 5.95. The number of nitrogens with one attached hydrogen (secondary N) is 2. The van der Waals surface area contributed by atoms with Gasteiger partial charge in [0.15, 0.2) is 6.10 Å². The van der Waals surface area contributed by atoms with E-state index in [-0.39, 0.29) is 23.5 Å². The SMILES string of the molecule is CC(C)(C)c1ccc(NC(=O)C2CNc3ccc(C(F)(F)F)cc3O2)cc1O. The molecular weight excluding hydrogens is 373 g/mol. The summed E-state index contributed by atoms with van der Waals surface area (Å²) < 4.78 is 44.1. The van der Waals surface area contributed by atoms with Crippen LogP contribution in [-0.4, -0.2) is 23.7 Å². The Morgan fingerprint density at radius 3 is 2.50 bits per heavy atom. The van der Waals surface area contributed by atoms with Crippen molar-refractivity contribution >= 4 is 17.3 Å². The second-order valence-electron chi connectivity index (χ2n) is 7.67. The summed E-state index contributed by atoms with van der Waals surface area (Å²) in [7, 11) is 0. The number of carbonyl (C=O) groups excluding carboxylic acids is 1. The molecule has 2 aromatic rings. The minimum absolute atomic E-state index is 0.0350. The third-order valence-electron chi connectivity index (χ3n) is 4.42. The van der Waals surface area contributed by atoms with Crippen molar-refractivity contribution in [3.05, 3.63) is 47.5 Å². The maximum Gasteiger partial charge on any atom is 0.416 e. The summed E-state index contributed by atoms with van der Waals surface area (Å²) in [6.45, 7) is 5.97. The van der Waals surface area contributed by atoms with Crippen LogP contribution in [0.1, 0.15) is 31.9 Å². The van der Waals surface area contributed by atoms with E-state index in [1.807, 2.05) is 20.8 Å². The smallest absolute Gasteiger partial charge is 0.416 e. The molecule has 2 aromatic carbocycles. The molecule has 1 aliphatic heterocycles. The average molecular weight is 394 g/mol. The monoisotopic (exact) mass is 394 g/mol. The first kappa shape index (κ1) is 19.9. The summed E-state index contributed by atoms with van der Waals surface area (Å²) in [5.41, 5.74) is 0.382. The highest BCUT2D eigenvalue weighted by atomic mass is 19.4. The Morgan fingerprint density at radius 1 is 1.18 bits per heavy atom. The first-order chi connectivity index (χ1) is 12.9. The molecule has 0 spiro atoms. The van der Waals surface area contributed by atoms with E-state index in [2.05, 4.69) is 10.6 Å². The van der Waals surface area contributed by atoms with Crippen molar-refractivity contribution in [3.63, 3.8) is 0 Å². The van der Waals surface area contributed by atoms with E-state index >= 15 is 0 Å². The largest absolute Gasteiger partial charge is 0.508 e. The molecule has 1 aliphatic rings. The zero-order valence-electron chi connectivity index (χ0n) is 15.6. The molecule has 8 heteroatoms. The molecule has 0 saturated heterocycles. The summed E-state index contributed by atoms with van der Waals surface area (Å²) >= 11 is 0. The van der Waals surface area contributed by atoms with Crippen LogP contribution in [0.4, 0.5) is 24.5 Å². The van der Waals surface area contributed by atoms with E-state index in [1.165, 1.54) is 12.1 Å². The first-order valence-corrected chi connectivity index (χ1v) is 8.71. The van der Waals surface area contributed by atoms with Crippen LogP contribution in [0.2, 0.25) is 0 Å². The summed E-state index contributed by atoms with van der Waals surface area (Å²) in [6, 6.07) is 7.90. The Labute approximate surface area is 160 Å². The van der Waals surface area contributed by atoms with Gasteiger partial charge in [0.1, 0.15) is 11.5 Å². The number of ether oxygens (including phenoxy) is 1. The normalized spacial score (nSPS) is 16.6. The van der Waals surface area contributed by atoms with Gasteiger partial charge < -0.3 is 20.5 Å². The molecule has 0 aliphatic carbocycles. The zero-order valence-corrected chi connectivity index (χ0v) is 15.6. The summed E-state index contributed by atoms with van der Waals surface area (Å²) in [6.07, 6.45) is -5.51. The van der Waals surface area contributed by atoms with Crippen molar-refractivity contribution in [2.45, 2.75) is 38.5 Å². The lowest BCUT2D eigenvalue weighted by Gasteiger charge is -2.27. The Balaban J connectivity index is 1.74. The van der Waals surface area contributed by atoms with E-state index < -0.39 is 23.8 Å². The summed E-state index contributed by atoms with van der Waals surface area (Å²) in [5, 5.41) is 15.7. The number of amides is 1. The number of alkyl halides is 3.